The number of nitrogens with zero attached hydrogens (tertiary/aromatic N) is 7. The van der Waals surface area contributed by atoms with Crippen molar-refractivity contribution in [1.29, 1.82) is 5.26 Å². The number of benzene rings is 1. The van der Waals surface area contributed by atoms with Gasteiger partial charge in [-0.2, -0.15) is 18.4 Å². The smallest absolute Gasteiger partial charge is 0.365 e. The van der Waals surface area contributed by atoms with Gasteiger partial charge in [0, 0.05) is 56.8 Å². The van der Waals surface area contributed by atoms with Crippen LogP contribution in [0, 0.1) is 16.7 Å². The van der Waals surface area contributed by atoms with Gasteiger partial charge in [0.25, 0.3) is 0 Å². The molecule has 0 aromatic heterocycles. The number of piperazine rings is 1. The highest BCUT2D eigenvalue weighted by Gasteiger charge is 2.45. The molecule has 5 rings (SSSR count). The molecule has 1 aliphatic carbocycles. The first kappa shape index (κ1) is 34.9. The standard InChI is InChI=1S/C33H40ClF4N7O2/c1-3-29(46)45-16-15-44(18-24(45)7-12-39)31(41-22-47-21-32(10-11-32)20-42-13-8-23(35)17-42)25-9-14-43(19-27(25)40-2)28-6-4-5-26(34)30(28)33(36,37)38/h3-6,23-24H,1-2,7-11,13-22H2/t23-,24?/m0/s1. The quantitative estimate of drug-likeness (QED) is 0.103. The van der Waals surface area contributed by atoms with Gasteiger partial charge in [-0.25, -0.2) is 9.38 Å². The van der Waals surface area contributed by atoms with Crippen LogP contribution in [0.1, 0.15) is 37.7 Å². The molecule has 3 heterocycles. The molecule has 47 heavy (non-hydrogen) atoms. The number of carbonyl (C=O) groups is 1. The number of alkyl halides is 4. The number of aliphatic imine (C=N–C) groups is 2. The van der Waals surface area contributed by atoms with Gasteiger partial charge in [-0.3, -0.25) is 14.7 Å². The predicted molar refractivity (Wildman–Crippen MR) is 173 cm³/mol. The molecular weight excluding hydrogens is 638 g/mol. The van der Waals surface area contributed by atoms with Gasteiger partial charge in [-0.15, -0.1) is 0 Å². The van der Waals surface area contributed by atoms with Crippen LogP contribution < -0.4 is 4.90 Å². The van der Waals surface area contributed by atoms with Gasteiger partial charge in [0.2, 0.25) is 5.91 Å². The molecule has 254 valence electrons. The molecule has 1 saturated carbocycles. The number of likely N-dealkylation sites (tertiary alicyclic amines) is 1. The zero-order valence-electron chi connectivity index (χ0n) is 26.3. The first-order chi connectivity index (χ1) is 22.5. The summed E-state index contributed by atoms with van der Waals surface area (Å²) in [6, 6.07) is 5.86. The lowest BCUT2D eigenvalue weighted by molar-refractivity contribution is -0.137. The number of carbonyl (C=O) groups excluding carboxylic acids is 1. The fraction of sp³-hybridized carbons (Fsp3) is 0.576. The fourth-order valence-electron chi connectivity index (χ4n) is 6.81. The molecule has 1 aromatic rings. The second-order valence-corrected chi connectivity index (χ2v) is 13.1. The van der Waals surface area contributed by atoms with Crippen molar-refractivity contribution in [3.63, 3.8) is 0 Å². The molecule has 2 saturated heterocycles. The van der Waals surface area contributed by atoms with Crippen molar-refractivity contribution < 1.29 is 27.1 Å². The molecule has 4 aliphatic rings. The molecule has 14 heteroatoms. The number of anilines is 1. The molecule has 1 aromatic carbocycles. The monoisotopic (exact) mass is 677 g/mol. The fourth-order valence-corrected chi connectivity index (χ4v) is 7.09. The summed E-state index contributed by atoms with van der Waals surface area (Å²) in [6.45, 7) is 11.2. The van der Waals surface area contributed by atoms with Crippen molar-refractivity contribution in [3.8, 4) is 6.07 Å². The van der Waals surface area contributed by atoms with Crippen molar-refractivity contribution in [2.45, 2.75) is 50.5 Å². The summed E-state index contributed by atoms with van der Waals surface area (Å²) in [4.78, 5) is 29.0. The minimum absolute atomic E-state index is 0.0140. The van der Waals surface area contributed by atoms with E-state index in [9.17, 15) is 27.6 Å². The van der Waals surface area contributed by atoms with Crippen LogP contribution in [0.15, 0.2) is 52.1 Å². The maximum absolute atomic E-state index is 14.0. The third kappa shape index (κ3) is 8.16. The van der Waals surface area contributed by atoms with Crippen LogP contribution in [0.2, 0.25) is 5.02 Å². The number of hydrogen-bond acceptors (Lipinski definition) is 7. The topological polar surface area (TPSA) is 87.8 Å². The number of rotatable bonds is 11. The Kier molecular flexibility index (Phi) is 10.9. The van der Waals surface area contributed by atoms with Crippen molar-refractivity contribution in [3.05, 3.63) is 52.7 Å². The second-order valence-electron chi connectivity index (χ2n) is 12.7. The molecular formula is C33H40ClF4N7O2. The lowest BCUT2D eigenvalue weighted by Gasteiger charge is -2.43. The maximum Gasteiger partial charge on any atom is 0.419 e. The van der Waals surface area contributed by atoms with E-state index in [1.54, 1.807) is 9.80 Å². The number of amides is 1. The first-order valence-corrected chi connectivity index (χ1v) is 16.2. The van der Waals surface area contributed by atoms with E-state index in [4.69, 9.17) is 21.3 Å². The molecule has 0 radical (unpaired) electrons. The zero-order valence-corrected chi connectivity index (χ0v) is 27.1. The van der Waals surface area contributed by atoms with Crippen LogP contribution in [0.3, 0.4) is 0 Å². The Morgan fingerprint density at radius 3 is 2.64 bits per heavy atom. The summed E-state index contributed by atoms with van der Waals surface area (Å²) in [5.41, 5.74) is 0.243. The summed E-state index contributed by atoms with van der Waals surface area (Å²) in [5.74, 6) is 0.300. The molecule has 1 amide bonds. The highest BCUT2D eigenvalue weighted by atomic mass is 35.5. The van der Waals surface area contributed by atoms with Crippen molar-refractivity contribution in [2.24, 2.45) is 15.4 Å². The Bertz CT molecular complexity index is 1460. The molecule has 3 fully saturated rings. The van der Waals surface area contributed by atoms with Crippen molar-refractivity contribution in [1.82, 2.24) is 14.7 Å². The van der Waals surface area contributed by atoms with E-state index in [0.29, 0.717) is 57.2 Å². The summed E-state index contributed by atoms with van der Waals surface area (Å²) in [5, 5.41) is 9.14. The summed E-state index contributed by atoms with van der Waals surface area (Å²) in [7, 11) is 0. The minimum atomic E-state index is -4.65. The normalized spacial score (nSPS) is 23.6. The van der Waals surface area contributed by atoms with Crippen LogP contribution in [0.25, 0.3) is 0 Å². The second kappa shape index (κ2) is 14.7. The SMILES string of the molecule is C=CC(=O)N1CCN(C(=NCOCC2(CN3CC[C@H](F)C3)CC2)C2=C(N=C)CN(c3cccc(Cl)c3C(F)(F)F)CC2)CC1CC#N. The van der Waals surface area contributed by atoms with E-state index < -0.39 is 24.0 Å². The Labute approximate surface area is 277 Å². The van der Waals surface area contributed by atoms with Gasteiger partial charge in [-0.05, 0) is 50.6 Å². The number of hydrogen-bond donors (Lipinski definition) is 0. The molecule has 3 aliphatic heterocycles. The summed E-state index contributed by atoms with van der Waals surface area (Å²) < 4.78 is 61.9. The van der Waals surface area contributed by atoms with E-state index in [1.807, 2.05) is 4.90 Å². The Morgan fingerprint density at radius 2 is 2.00 bits per heavy atom. The number of amidine groups is 1. The van der Waals surface area contributed by atoms with E-state index >= 15 is 0 Å². The van der Waals surface area contributed by atoms with E-state index in [-0.39, 0.29) is 48.3 Å². The molecule has 1 unspecified atom stereocenters. The third-order valence-electron chi connectivity index (χ3n) is 9.41. The average Bonchev–Trinajstić information content (AvgIpc) is 3.69. The van der Waals surface area contributed by atoms with Crippen LogP contribution >= 0.6 is 11.6 Å². The van der Waals surface area contributed by atoms with Crippen LogP contribution in [0.4, 0.5) is 23.2 Å². The van der Waals surface area contributed by atoms with Gasteiger partial charge in [0.1, 0.15) is 18.7 Å². The first-order valence-electron chi connectivity index (χ1n) is 15.8. The van der Waals surface area contributed by atoms with E-state index in [1.165, 1.54) is 24.3 Å². The lowest BCUT2D eigenvalue weighted by Crippen LogP contribution is -2.56. The Morgan fingerprint density at radius 1 is 1.21 bits per heavy atom. The third-order valence-corrected chi connectivity index (χ3v) is 9.72. The average molecular weight is 678 g/mol. The molecule has 0 spiro atoms. The highest BCUT2D eigenvalue weighted by molar-refractivity contribution is 6.31. The van der Waals surface area contributed by atoms with Gasteiger partial charge in [-0.1, -0.05) is 24.2 Å². The largest absolute Gasteiger partial charge is 0.419 e. The number of nitriles is 1. The zero-order chi connectivity index (χ0) is 33.8. The Hall–Kier alpha value is -3.47. The van der Waals surface area contributed by atoms with Gasteiger partial charge in [0.15, 0.2) is 0 Å². The molecule has 2 atom stereocenters. The van der Waals surface area contributed by atoms with Crippen LogP contribution in [-0.2, 0) is 15.7 Å². The van der Waals surface area contributed by atoms with Gasteiger partial charge in [0.05, 0.1) is 53.7 Å². The Balaban J connectivity index is 1.39. The highest BCUT2D eigenvalue weighted by Crippen LogP contribution is 2.47. The maximum atomic E-state index is 14.0. The lowest BCUT2D eigenvalue weighted by atomic mass is 9.99. The van der Waals surface area contributed by atoms with Crippen LogP contribution in [0.5, 0.6) is 0 Å². The van der Waals surface area contributed by atoms with E-state index in [2.05, 4.69) is 29.3 Å². The van der Waals surface area contributed by atoms with Crippen LogP contribution in [-0.4, -0.2) is 111 Å². The predicted octanol–water partition coefficient (Wildman–Crippen LogP) is 5.33. The molecule has 0 N–H and O–H groups in total. The van der Waals surface area contributed by atoms with Gasteiger partial charge < -0.3 is 19.4 Å². The van der Waals surface area contributed by atoms with Crippen molar-refractivity contribution >= 4 is 35.7 Å². The summed E-state index contributed by atoms with van der Waals surface area (Å²) in [6.07, 6.45) is -1.22. The molecule has 0 bridgehead atoms. The number of halogens is 5. The minimum Gasteiger partial charge on any atom is -0.365 e. The van der Waals surface area contributed by atoms with Gasteiger partial charge >= 0.3 is 6.18 Å². The van der Waals surface area contributed by atoms with E-state index in [0.717, 1.165) is 31.5 Å². The molecule has 9 nitrogen and oxygen atoms in total. The number of ether oxygens (including phenoxy) is 1. The van der Waals surface area contributed by atoms with Crippen molar-refractivity contribution in [2.75, 3.05) is 70.6 Å². The summed E-state index contributed by atoms with van der Waals surface area (Å²) >= 11 is 6.02.